The Morgan fingerprint density at radius 1 is 1.08 bits per heavy atom. The number of amides is 3. The van der Waals surface area contributed by atoms with Gasteiger partial charge < -0.3 is 14.4 Å². The molecule has 9 heteroatoms. The van der Waals surface area contributed by atoms with Crippen molar-refractivity contribution in [2.75, 3.05) is 34.4 Å². The van der Waals surface area contributed by atoms with E-state index < -0.39 is 11.3 Å². The summed E-state index contributed by atoms with van der Waals surface area (Å²) in [7, 11) is 4.72. The third-order valence-corrected chi connectivity index (χ3v) is 6.55. The molecule has 0 radical (unpaired) electrons. The molecular formula is C27H30N4O5. The fourth-order valence-corrected chi connectivity index (χ4v) is 4.62. The highest BCUT2D eigenvalue weighted by Crippen LogP contribution is 2.44. The molecule has 0 N–H and O–H groups in total. The minimum absolute atomic E-state index is 0.103. The largest absolute Gasteiger partial charge is 0.496 e. The fourth-order valence-electron chi connectivity index (χ4n) is 4.62. The molecule has 0 saturated carbocycles. The minimum Gasteiger partial charge on any atom is -0.496 e. The summed E-state index contributed by atoms with van der Waals surface area (Å²) in [6, 6.07) is 16.7. The van der Waals surface area contributed by atoms with E-state index in [-0.39, 0.29) is 37.8 Å². The molecule has 0 spiro atoms. The number of ether oxygens (including phenoxy) is 2. The first-order chi connectivity index (χ1) is 17.4. The zero-order valence-corrected chi connectivity index (χ0v) is 20.7. The number of aromatic nitrogens is 2. The molecule has 1 atom stereocenters. The molecule has 1 aromatic heterocycles. The molecule has 2 aromatic carbocycles. The number of benzene rings is 2. The van der Waals surface area contributed by atoms with E-state index in [2.05, 4.69) is 5.10 Å². The number of imide groups is 1. The molecule has 1 fully saturated rings. The summed E-state index contributed by atoms with van der Waals surface area (Å²) in [6.45, 7) is 0.718. The quantitative estimate of drug-likeness (QED) is 0.406. The van der Waals surface area contributed by atoms with Crippen molar-refractivity contribution in [3.8, 4) is 11.4 Å². The van der Waals surface area contributed by atoms with Crippen LogP contribution in [0.3, 0.4) is 0 Å². The van der Waals surface area contributed by atoms with Gasteiger partial charge in [-0.3, -0.25) is 19.3 Å². The predicted octanol–water partition coefficient (Wildman–Crippen LogP) is 2.57. The Balaban J connectivity index is 1.57. The van der Waals surface area contributed by atoms with E-state index in [1.807, 2.05) is 36.5 Å². The smallest absolute Gasteiger partial charge is 0.241 e. The van der Waals surface area contributed by atoms with E-state index >= 15 is 0 Å². The summed E-state index contributed by atoms with van der Waals surface area (Å²) < 4.78 is 12.4. The molecule has 1 unspecified atom stereocenters. The summed E-state index contributed by atoms with van der Waals surface area (Å²) in [5.41, 5.74) is 1.05. The van der Waals surface area contributed by atoms with Gasteiger partial charge in [-0.15, -0.1) is 0 Å². The molecule has 3 aromatic rings. The minimum atomic E-state index is -1.34. The molecule has 0 aliphatic carbocycles. The van der Waals surface area contributed by atoms with Crippen LogP contribution in [-0.2, 0) is 31.1 Å². The van der Waals surface area contributed by atoms with Gasteiger partial charge in [-0.25, -0.2) is 4.68 Å². The van der Waals surface area contributed by atoms with Gasteiger partial charge in [-0.2, -0.15) is 5.10 Å². The number of carbonyl (C=O) groups excluding carboxylic acids is 3. The number of nitrogens with zero attached hydrogens (tertiary/aromatic N) is 4. The van der Waals surface area contributed by atoms with Gasteiger partial charge in [0.15, 0.2) is 0 Å². The number of hydrogen-bond acceptors (Lipinski definition) is 6. The Morgan fingerprint density at radius 2 is 1.83 bits per heavy atom. The summed E-state index contributed by atoms with van der Waals surface area (Å²) in [5.74, 6) is -0.504. The molecular weight excluding hydrogens is 460 g/mol. The zero-order valence-electron chi connectivity index (χ0n) is 20.7. The zero-order chi connectivity index (χ0) is 25.7. The molecule has 1 aliphatic heterocycles. The molecule has 2 heterocycles. The highest BCUT2D eigenvalue weighted by molar-refractivity contribution is 6.11. The Labute approximate surface area is 210 Å². The summed E-state index contributed by atoms with van der Waals surface area (Å²) in [5, 5.41) is 4.22. The normalized spacial score (nSPS) is 17.5. The molecule has 1 aliphatic rings. The lowest BCUT2D eigenvalue weighted by Gasteiger charge is -2.30. The molecule has 3 amide bonds. The number of likely N-dealkylation sites (tertiary alicyclic amines) is 1. The van der Waals surface area contributed by atoms with Gasteiger partial charge in [-0.05, 0) is 29.8 Å². The van der Waals surface area contributed by atoms with E-state index in [1.165, 1.54) is 19.1 Å². The Bertz CT molecular complexity index is 1230. The van der Waals surface area contributed by atoms with Gasteiger partial charge >= 0.3 is 0 Å². The number of carbonyl (C=O) groups is 3. The van der Waals surface area contributed by atoms with Gasteiger partial charge in [0, 0.05) is 51.5 Å². The van der Waals surface area contributed by atoms with Crippen LogP contribution in [0.15, 0.2) is 67.0 Å². The van der Waals surface area contributed by atoms with Gasteiger partial charge in [0.2, 0.25) is 17.7 Å². The monoisotopic (exact) mass is 490 g/mol. The second-order valence-corrected chi connectivity index (χ2v) is 8.85. The van der Waals surface area contributed by atoms with E-state index in [1.54, 1.807) is 47.1 Å². The van der Waals surface area contributed by atoms with Crippen LogP contribution in [0.2, 0.25) is 0 Å². The van der Waals surface area contributed by atoms with Crippen molar-refractivity contribution in [1.82, 2.24) is 19.6 Å². The topological polar surface area (TPSA) is 94.0 Å². The van der Waals surface area contributed by atoms with Crippen molar-refractivity contribution in [2.45, 2.75) is 24.8 Å². The van der Waals surface area contributed by atoms with Crippen molar-refractivity contribution in [1.29, 1.82) is 0 Å². The molecule has 0 bridgehead atoms. The van der Waals surface area contributed by atoms with Crippen LogP contribution in [0, 0.1) is 0 Å². The average molecular weight is 491 g/mol. The Kier molecular flexibility index (Phi) is 7.49. The lowest BCUT2D eigenvalue weighted by atomic mass is 9.75. The molecule has 4 rings (SSSR count). The Hall–Kier alpha value is -3.98. The van der Waals surface area contributed by atoms with Crippen molar-refractivity contribution in [3.63, 3.8) is 0 Å². The number of para-hydroxylation sites is 1. The van der Waals surface area contributed by atoms with Crippen LogP contribution in [0.5, 0.6) is 5.75 Å². The van der Waals surface area contributed by atoms with E-state index in [4.69, 9.17) is 9.47 Å². The first-order valence-corrected chi connectivity index (χ1v) is 11.7. The molecule has 188 valence electrons. The van der Waals surface area contributed by atoms with Gasteiger partial charge in [0.05, 0.1) is 31.4 Å². The van der Waals surface area contributed by atoms with Crippen LogP contribution in [-0.4, -0.2) is 71.7 Å². The van der Waals surface area contributed by atoms with E-state index in [0.717, 1.165) is 11.3 Å². The average Bonchev–Trinajstić information content (AvgIpc) is 3.51. The maximum atomic E-state index is 13.7. The summed E-state index contributed by atoms with van der Waals surface area (Å²) in [4.78, 5) is 42.9. The number of rotatable bonds is 10. The van der Waals surface area contributed by atoms with Crippen LogP contribution in [0.25, 0.3) is 5.69 Å². The maximum Gasteiger partial charge on any atom is 0.241 e. The maximum absolute atomic E-state index is 13.7. The van der Waals surface area contributed by atoms with Gasteiger partial charge in [0.25, 0.3) is 0 Å². The summed E-state index contributed by atoms with van der Waals surface area (Å²) in [6.07, 6.45) is 3.32. The number of hydrogen-bond donors (Lipinski definition) is 0. The third-order valence-electron chi connectivity index (χ3n) is 6.55. The van der Waals surface area contributed by atoms with Crippen molar-refractivity contribution >= 4 is 17.7 Å². The second-order valence-electron chi connectivity index (χ2n) is 8.85. The van der Waals surface area contributed by atoms with Gasteiger partial charge in [-0.1, -0.05) is 30.3 Å². The lowest BCUT2D eigenvalue weighted by Crippen LogP contribution is -2.43. The summed E-state index contributed by atoms with van der Waals surface area (Å²) >= 11 is 0. The first kappa shape index (κ1) is 25.1. The SMILES string of the molecule is COCCN1C(=O)CC(CC(=O)N(C)Cc2ccc(-n3cccn3)cc2)(c2ccccc2OC)C1=O. The van der Waals surface area contributed by atoms with Crippen molar-refractivity contribution in [2.24, 2.45) is 0 Å². The third kappa shape index (κ3) is 4.87. The van der Waals surface area contributed by atoms with E-state index in [9.17, 15) is 14.4 Å². The number of methoxy groups -OCH3 is 2. The van der Waals surface area contributed by atoms with Crippen molar-refractivity contribution in [3.05, 3.63) is 78.1 Å². The Morgan fingerprint density at radius 3 is 2.50 bits per heavy atom. The first-order valence-electron chi connectivity index (χ1n) is 11.7. The van der Waals surface area contributed by atoms with E-state index in [0.29, 0.717) is 17.9 Å². The van der Waals surface area contributed by atoms with Gasteiger partial charge in [0.1, 0.15) is 5.75 Å². The molecule has 9 nitrogen and oxygen atoms in total. The standard InChI is InChI=1S/C27H30N4O5/c1-29(19-20-9-11-21(12-10-20)31-14-6-13-28-31)24(32)17-27(22-7-4-5-8-23(22)36-3)18-25(33)30(26(27)34)15-16-35-2/h4-14H,15-19H2,1-3H3. The van der Waals surface area contributed by atoms with Crippen molar-refractivity contribution < 1.29 is 23.9 Å². The van der Waals surface area contributed by atoms with Crippen LogP contribution >= 0.6 is 0 Å². The fraction of sp³-hybridized carbons (Fsp3) is 0.333. The highest BCUT2D eigenvalue weighted by Gasteiger charge is 2.55. The van der Waals surface area contributed by atoms with Crippen LogP contribution < -0.4 is 4.74 Å². The highest BCUT2D eigenvalue weighted by atomic mass is 16.5. The van der Waals surface area contributed by atoms with Crippen LogP contribution in [0.1, 0.15) is 24.0 Å². The molecule has 36 heavy (non-hydrogen) atoms. The second kappa shape index (κ2) is 10.7. The lowest BCUT2D eigenvalue weighted by molar-refractivity contribution is -0.143. The predicted molar refractivity (Wildman–Crippen MR) is 133 cm³/mol. The van der Waals surface area contributed by atoms with Crippen LogP contribution in [0.4, 0.5) is 0 Å². The molecule has 1 saturated heterocycles.